The van der Waals surface area contributed by atoms with Gasteiger partial charge >= 0.3 is 0 Å². The van der Waals surface area contributed by atoms with Crippen molar-refractivity contribution in [2.75, 3.05) is 36.6 Å². The van der Waals surface area contributed by atoms with Crippen molar-refractivity contribution in [3.63, 3.8) is 0 Å². The highest BCUT2D eigenvalue weighted by Gasteiger charge is 2.14. The molecule has 0 radical (unpaired) electrons. The molecule has 6 N–H and O–H groups in total. The predicted molar refractivity (Wildman–Crippen MR) is 106 cm³/mol. The second kappa shape index (κ2) is 8.83. The number of nitrogens with two attached hydrogens (primary N) is 1. The van der Waals surface area contributed by atoms with Gasteiger partial charge in [-0.25, -0.2) is 9.97 Å². The first-order valence-electron chi connectivity index (χ1n) is 8.30. The summed E-state index contributed by atoms with van der Waals surface area (Å²) in [6.07, 6.45) is 1.34. The summed E-state index contributed by atoms with van der Waals surface area (Å²) in [6.45, 7) is 4.43. The van der Waals surface area contributed by atoms with Crippen LogP contribution in [0.1, 0.15) is 23.6 Å². The Hall–Kier alpha value is -3.11. The molecule has 0 unspecified atom stereocenters. The molecule has 7 nitrogen and oxygen atoms in total. The Balaban J connectivity index is 2.31. The zero-order valence-electron chi connectivity index (χ0n) is 15.2. The molecule has 1 aromatic carbocycles. The zero-order valence-corrected chi connectivity index (χ0v) is 15.2. The summed E-state index contributed by atoms with van der Waals surface area (Å²) >= 11 is 0. The second-order valence-electron chi connectivity index (χ2n) is 6.06. The number of hydrogen-bond donors (Lipinski definition) is 5. The van der Waals surface area contributed by atoms with E-state index in [0.717, 1.165) is 16.8 Å². The van der Waals surface area contributed by atoms with Crippen molar-refractivity contribution in [3.8, 4) is 11.8 Å². The Morgan fingerprint density at radius 3 is 2.85 bits per heavy atom. The van der Waals surface area contributed by atoms with E-state index in [-0.39, 0.29) is 24.1 Å². The van der Waals surface area contributed by atoms with Crippen LogP contribution >= 0.6 is 0 Å². The molecule has 0 bridgehead atoms. The van der Waals surface area contributed by atoms with Gasteiger partial charge in [-0.3, -0.25) is 5.41 Å². The number of aliphatic hydroxyl groups is 1. The second-order valence-corrected chi connectivity index (χ2v) is 6.06. The molecule has 1 atom stereocenters. The average Bonchev–Trinajstić information content (AvgIpc) is 2.65. The first-order chi connectivity index (χ1) is 12.5. The number of aromatic nitrogens is 2. The van der Waals surface area contributed by atoms with E-state index in [2.05, 4.69) is 32.4 Å². The molecule has 26 heavy (non-hydrogen) atoms. The van der Waals surface area contributed by atoms with Gasteiger partial charge in [-0.05, 0) is 36.5 Å². The predicted octanol–water partition coefficient (Wildman–Crippen LogP) is 1.87. The van der Waals surface area contributed by atoms with Gasteiger partial charge in [0.25, 0.3) is 0 Å². The standard InChI is InChI=1S/C19H24N6O/c1-12(10-26)9-23-19-17(18(21)24-11-25-19)16(20)7-5-14-8-15(22-3)6-4-13(14)2/h4,6,8,11-12,20,22,26H,9-10H2,1-3H3,(H3,21,23,24,25)/t12-/m0/s1. The molecular formula is C19H24N6O. The molecule has 0 saturated carbocycles. The van der Waals surface area contributed by atoms with Gasteiger partial charge in [0.15, 0.2) is 0 Å². The van der Waals surface area contributed by atoms with E-state index in [4.69, 9.17) is 16.2 Å². The van der Waals surface area contributed by atoms with Crippen molar-refractivity contribution in [1.82, 2.24) is 9.97 Å². The van der Waals surface area contributed by atoms with Crippen LogP contribution < -0.4 is 16.4 Å². The maximum atomic E-state index is 9.16. The fourth-order valence-corrected chi connectivity index (χ4v) is 2.22. The summed E-state index contributed by atoms with van der Waals surface area (Å²) in [4.78, 5) is 8.13. The van der Waals surface area contributed by atoms with Crippen LogP contribution in [0.25, 0.3) is 0 Å². The molecule has 0 aliphatic heterocycles. The van der Waals surface area contributed by atoms with Crippen molar-refractivity contribution in [2.45, 2.75) is 13.8 Å². The number of aryl methyl sites for hydroxylation is 1. The van der Waals surface area contributed by atoms with Gasteiger partial charge in [-0.2, -0.15) is 0 Å². The molecule has 0 spiro atoms. The van der Waals surface area contributed by atoms with Crippen molar-refractivity contribution in [1.29, 1.82) is 5.41 Å². The molecular weight excluding hydrogens is 328 g/mol. The molecule has 0 aliphatic rings. The van der Waals surface area contributed by atoms with Gasteiger partial charge in [0, 0.05) is 31.5 Å². The van der Waals surface area contributed by atoms with E-state index in [1.54, 1.807) is 0 Å². The number of nitrogens with one attached hydrogen (secondary N) is 3. The average molecular weight is 352 g/mol. The topological polar surface area (TPSA) is 120 Å². The van der Waals surface area contributed by atoms with Crippen molar-refractivity contribution < 1.29 is 5.11 Å². The van der Waals surface area contributed by atoms with E-state index in [1.807, 2.05) is 39.1 Å². The first-order valence-corrected chi connectivity index (χ1v) is 8.30. The van der Waals surface area contributed by atoms with E-state index in [1.165, 1.54) is 6.33 Å². The number of benzene rings is 1. The van der Waals surface area contributed by atoms with Crippen molar-refractivity contribution in [2.24, 2.45) is 5.92 Å². The normalized spacial score (nSPS) is 11.2. The number of aliphatic hydroxyl groups excluding tert-OH is 1. The summed E-state index contributed by atoms with van der Waals surface area (Å²) in [7, 11) is 1.84. The zero-order chi connectivity index (χ0) is 19.1. The number of anilines is 3. The van der Waals surface area contributed by atoms with Gasteiger partial charge in [-0.15, -0.1) is 0 Å². The third-order valence-corrected chi connectivity index (χ3v) is 3.90. The van der Waals surface area contributed by atoms with Crippen LogP contribution in [-0.4, -0.2) is 41.0 Å². The van der Waals surface area contributed by atoms with E-state index in [9.17, 15) is 0 Å². The molecule has 2 aromatic rings. The van der Waals surface area contributed by atoms with Gasteiger partial charge in [0.05, 0.1) is 5.56 Å². The summed E-state index contributed by atoms with van der Waals surface area (Å²) in [5, 5.41) is 23.7. The Labute approximate surface area is 153 Å². The molecule has 0 amide bonds. The SMILES string of the molecule is CNc1ccc(C)c(C#CC(=N)c2c(N)ncnc2NC[C@H](C)CO)c1. The lowest BCUT2D eigenvalue weighted by atomic mass is 10.1. The van der Waals surface area contributed by atoms with Gasteiger partial charge in [0.2, 0.25) is 0 Å². The molecule has 1 aromatic heterocycles. The van der Waals surface area contributed by atoms with E-state index < -0.39 is 0 Å². The molecule has 0 aliphatic carbocycles. The molecule has 1 heterocycles. The quantitative estimate of drug-likeness (QED) is 0.400. The summed E-state index contributed by atoms with van der Waals surface area (Å²) in [5.74, 6) is 6.55. The lowest BCUT2D eigenvalue weighted by molar-refractivity contribution is 0.244. The Morgan fingerprint density at radius 1 is 1.38 bits per heavy atom. The maximum Gasteiger partial charge on any atom is 0.141 e. The van der Waals surface area contributed by atoms with Gasteiger partial charge in [-0.1, -0.05) is 18.9 Å². The smallest absolute Gasteiger partial charge is 0.141 e. The van der Waals surface area contributed by atoms with Crippen molar-refractivity contribution in [3.05, 3.63) is 41.2 Å². The monoisotopic (exact) mass is 352 g/mol. The molecule has 0 saturated heterocycles. The first kappa shape index (κ1) is 19.2. The Morgan fingerprint density at radius 2 is 2.15 bits per heavy atom. The number of nitrogens with zero attached hydrogens (tertiary/aromatic N) is 2. The third kappa shape index (κ3) is 4.71. The van der Waals surface area contributed by atoms with Crippen LogP contribution in [0, 0.1) is 30.1 Å². The Bertz CT molecular complexity index is 853. The van der Waals surface area contributed by atoms with E-state index >= 15 is 0 Å². The summed E-state index contributed by atoms with van der Waals surface area (Å²) < 4.78 is 0. The minimum Gasteiger partial charge on any atom is -0.396 e. The Kier molecular flexibility index (Phi) is 6.53. The summed E-state index contributed by atoms with van der Waals surface area (Å²) in [6, 6.07) is 5.88. The van der Waals surface area contributed by atoms with Crippen LogP contribution in [0.15, 0.2) is 24.5 Å². The minimum absolute atomic E-state index is 0.0384. The highest BCUT2D eigenvalue weighted by Crippen LogP contribution is 2.19. The fraction of sp³-hybridized carbons (Fsp3) is 0.316. The van der Waals surface area contributed by atoms with Crippen LogP contribution in [0.2, 0.25) is 0 Å². The molecule has 7 heteroatoms. The van der Waals surface area contributed by atoms with Crippen LogP contribution in [-0.2, 0) is 0 Å². The highest BCUT2D eigenvalue weighted by molar-refractivity contribution is 6.16. The number of nitrogen functional groups attached to an aromatic ring is 1. The van der Waals surface area contributed by atoms with Gasteiger partial charge in [0.1, 0.15) is 23.7 Å². The number of hydrogen-bond acceptors (Lipinski definition) is 7. The van der Waals surface area contributed by atoms with Crippen molar-refractivity contribution >= 4 is 23.0 Å². The minimum atomic E-state index is 0.0384. The van der Waals surface area contributed by atoms with E-state index in [0.29, 0.717) is 17.9 Å². The maximum absolute atomic E-state index is 9.16. The van der Waals surface area contributed by atoms with Crippen LogP contribution in [0.4, 0.5) is 17.3 Å². The highest BCUT2D eigenvalue weighted by atomic mass is 16.3. The lowest BCUT2D eigenvalue weighted by Gasteiger charge is -2.13. The summed E-state index contributed by atoms with van der Waals surface area (Å²) in [5.41, 5.74) is 9.16. The largest absolute Gasteiger partial charge is 0.396 e. The molecule has 136 valence electrons. The van der Waals surface area contributed by atoms with Gasteiger partial charge < -0.3 is 21.5 Å². The third-order valence-electron chi connectivity index (χ3n) is 3.90. The van der Waals surface area contributed by atoms with Crippen LogP contribution in [0.5, 0.6) is 0 Å². The molecule has 0 fully saturated rings. The fourth-order valence-electron chi connectivity index (χ4n) is 2.22. The number of rotatable bonds is 6. The molecule has 2 rings (SSSR count). The van der Waals surface area contributed by atoms with Crippen LogP contribution in [0.3, 0.4) is 0 Å². The lowest BCUT2D eigenvalue weighted by Crippen LogP contribution is -2.18.